The van der Waals surface area contributed by atoms with Crippen molar-refractivity contribution < 1.29 is 14.0 Å². The number of H-pyrrole nitrogens is 1. The predicted molar refractivity (Wildman–Crippen MR) is 103 cm³/mol. The zero-order chi connectivity index (χ0) is 20.2. The summed E-state index contributed by atoms with van der Waals surface area (Å²) in [5.74, 6) is 0.307. The molecule has 2 aromatic heterocycles. The lowest BCUT2D eigenvalue weighted by molar-refractivity contribution is 0.0715. The number of benzene rings is 1. The van der Waals surface area contributed by atoms with E-state index in [2.05, 4.69) is 15.2 Å². The van der Waals surface area contributed by atoms with Crippen LogP contribution in [0.4, 0.5) is 0 Å². The molecule has 29 heavy (non-hydrogen) atoms. The Kier molecular flexibility index (Phi) is 5.19. The highest BCUT2D eigenvalue weighted by Gasteiger charge is 2.24. The summed E-state index contributed by atoms with van der Waals surface area (Å²) in [4.78, 5) is 43.9. The molecule has 2 amide bonds. The fraction of sp³-hybridized carbons (Fsp3) is 0.250. The summed E-state index contributed by atoms with van der Waals surface area (Å²) in [6.07, 6.45) is 3.65. The minimum Gasteiger partial charge on any atom is -0.444 e. The van der Waals surface area contributed by atoms with Gasteiger partial charge < -0.3 is 14.2 Å². The van der Waals surface area contributed by atoms with E-state index in [4.69, 9.17) is 4.42 Å². The van der Waals surface area contributed by atoms with E-state index in [-0.39, 0.29) is 23.1 Å². The quantitative estimate of drug-likeness (QED) is 0.720. The Bertz CT molecular complexity index is 1040. The van der Waals surface area contributed by atoms with Gasteiger partial charge in [-0.05, 0) is 24.6 Å². The number of oxazole rings is 1. The molecule has 1 fully saturated rings. The number of hydrogen-bond acceptors (Lipinski definition) is 6. The monoisotopic (exact) mass is 393 g/mol. The molecule has 3 aromatic rings. The van der Waals surface area contributed by atoms with Gasteiger partial charge in [0.2, 0.25) is 0 Å². The van der Waals surface area contributed by atoms with Crippen molar-refractivity contribution in [1.82, 2.24) is 25.0 Å². The second-order valence-corrected chi connectivity index (χ2v) is 6.69. The molecule has 0 atom stereocenters. The largest absolute Gasteiger partial charge is 0.444 e. The minimum atomic E-state index is -0.358. The molecule has 1 aromatic carbocycles. The lowest BCUT2D eigenvalue weighted by Gasteiger charge is -2.22. The molecule has 0 spiro atoms. The molecule has 3 heterocycles. The third-order valence-electron chi connectivity index (χ3n) is 4.82. The number of nitrogens with zero attached hydrogens (tertiary/aromatic N) is 4. The first-order chi connectivity index (χ1) is 14.1. The number of nitrogens with one attached hydrogen (secondary N) is 1. The van der Waals surface area contributed by atoms with E-state index in [0.29, 0.717) is 43.9 Å². The van der Waals surface area contributed by atoms with Crippen molar-refractivity contribution in [2.45, 2.75) is 6.42 Å². The number of amides is 2. The highest BCUT2D eigenvalue weighted by molar-refractivity contribution is 5.95. The van der Waals surface area contributed by atoms with Gasteiger partial charge in [0.25, 0.3) is 17.4 Å². The molecule has 0 bridgehead atoms. The number of carbonyl (C=O) groups is 2. The van der Waals surface area contributed by atoms with Crippen molar-refractivity contribution in [2.75, 3.05) is 26.2 Å². The molecule has 9 heteroatoms. The van der Waals surface area contributed by atoms with Gasteiger partial charge in [-0.2, -0.15) is 5.10 Å². The van der Waals surface area contributed by atoms with Gasteiger partial charge in [0, 0.05) is 43.4 Å². The smallest absolute Gasteiger partial charge is 0.274 e. The van der Waals surface area contributed by atoms with Crippen LogP contribution in [0.25, 0.3) is 11.3 Å². The average molecular weight is 393 g/mol. The summed E-state index contributed by atoms with van der Waals surface area (Å²) >= 11 is 0. The molecule has 0 aliphatic carbocycles. The third-order valence-corrected chi connectivity index (χ3v) is 4.82. The van der Waals surface area contributed by atoms with Crippen LogP contribution in [0.2, 0.25) is 0 Å². The van der Waals surface area contributed by atoms with Crippen LogP contribution in [0.3, 0.4) is 0 Å². The molecule has 9 nitrogen and oxygen atoms in total. The fourth-order valence-electron chi connectivity index (χ4n) is 3.27. The molecule has 1 saturated heterocycles. The number of hydrogen-bond donors (Lipinski definition) is 1. The van der Waals surface area contributed by atoms with Gasteiger partial charge >= 0.3 is 0 Å². The normalized spacial score (nSPS) is 14.5. The Hall–Kier alpha value is -3.75. The van der Waals surface area contributed by atoms with Crippen LogP contribution in [-0.4, -0.2) is 63.0 Å². The number of rotatable bonds is 3. The lowest BCUT2D eigenvalue weighted by Crippen LogP contribution is -2.37. The maximum atomic E-state index is 12.9. The predicted octanol–water partition coefficient (Wildman–Crippen LogP) is 1.41. The maximum absolute atomic E-state index is 12.9. The Morgan fingerprint density at radius 2 is 1.66 bits per heavy atom. The standard InChI is InChI=1S/C20H19N5O4/c26-18-7-6-16(22-23-18)20(28)25-9-1-8-24(10-11-25)19(27)15-4-2-14(3-5-15)17-12-21-13-29-17/h2-7,12-13H,1,8-11H2,(H,23,26). The van der Waals surface area contributed by atoms with Crippen molar-refractivity contribution in [3.05, 3.63) is 70.6 Å². The minimum absolute atomic E-state index is 0.0782. The second-order valence-electron chi connectivity index (χ2n) is 6.69. The van der Waals surface area contributed by atoms with Gasteiger partial charge in [-0.25, -0.2) is 10.1 Å². The summed E-state index contributed by atoms with van der Waals surface area (Å²) in [6, 6.07) is 9.85. The molecule has 1 aliphatic heterocycles. The van der Waals surface area contributed by atoms with E-state index in [1.807, 2.05) is 12.1 Å². The first-order valence-electron chi connectivity index (χ1n) is 9.25. The van der Waals surface area contributed by atoms with Crippen molar-refractivity contribution in [2.24, 2.45) is 0 Å². The molecular weight excluding hydrogens is 374 g/mol. The lowest BCUT2D eigenvalue weighted by atomic mass is 10.1. The Morgan fingerprint density at radius 1 is 0.931 bits per heavy atom. The summed E-state index contributed by atoms with van der Waals surface area (Å²) in [5.41, 5.74) is 1.26. The maximum Gasteiger partial charge on any atom is 0.274 e. The van der Waals surface area contributed by atoms with Gasteiger partial charge in [0.15, 0.2) is 12.2 Å². The highest BCUT2D eigenvalue weighted by atomic mass is 16.3. The summed E-state index contributed by atoms with van der Waals surface area (Å²) < 4.78 is 5.26. The Morgan fingerprint density at radius 3 is 2.28 bits per heavy atom. The SMILES string of the molecule is O=C(c1ccc(-c2cnco2)cc1)N1CCCN(C(=O)c2ccc(=O)[nH]n2)CC1. The number of carbonyl (C=O) groups excluding carboxylic acids is 2. The Labute approximate surface area is 166 Å². The van der Waals surface area contributed by atoms with Gasteiger partial charge in [0.05, 0.1) is 6.20 Å². The highest BCUT2D eigenvalue weighted by Crippen LogP contribution is 2.20. The van der Waals surface area contributed by atoms with Crippen LogP contribution in [-0.2, 0) is 0 Å². The van der Waals surface area contributed by atoms with Crippen molar-refractivity contribution >= 4 is 11.8 Å². The topological polar surface area (TPSA) is 112 Å². The van der Waals surface area contributed by atoms with E-state index in [0.717, 1.165) is 5.56 Å². The van der Waals surface area contributed by atoms with E-state index in [1.54, 1.807) is 28.1 Å². The van der Waals surface area contributed by atoms with Crippen molar-refractivity contribution in [1.29, 1.82) is 0 Å². The molecule has 0 saturated carbocycles. The number of aromatic amines is 1. The first kappa shape index (κ1) is 18.6. The van der Waals surface area contributed by atoms with Crippen molar-refractivity contribution in [3.63, 3.8) is 0 Å². The molecule has 148 valence electrons. The molecule has 0 unspecified atom stereocenters. The fourth-order valence-corrected chi connectivity index (χ4v) is 3.27. The Balaban J connectivity index is 1.41. The van der Waals surface area contributed by atoms with Crippen LogP contribution < -0.4 is 5.56 Å². The summed E-state index contributed by atoms with van der Waals surface area (Å²) in [7, 11) is 0. The van der Waals surface area contributed by atoms with Crippen LogP contribution in [0.1, 0.15) is 27.3 Å². The molecule has 4 rings (SSSR count). The molecule has 0 radical (unpaired) electrons. The van der Waals surface area contributed by atoms with Crippen LogP contribution in [0.5, 0.6) is 0 Å². The third kappa shape index (κ3) is 4.08. The number of aromatic nitrogens is 3. The molecule has 1 aliphatic rings. The molecule has 1 N–H and O–H groups in total. The first-order valence-corrected chi connectivity index (χ1v) is 9.25. The average Bonchev–Trinajstić information content (AvgIpc) is 3.18. The second kappa shape index (κ2) is 8.09. The van der Waals surface area contributed by atoms with Crippen LogP contribution in [0, 0.1) is 0 Å². The van der Waals surface area contributed by atoms with Gasteiger partial charge in [-0.1, -0.05) is 12.1 Å². The van der Waals surface area contributed by atoms with Gasteiger partial charge in [-0.15, -0.1) is 0 Å². The van der Waals surface area contributed by atoms with Gasteiger partial charge in [0.1, 0.15) is 5.69 Å². The zero-order valence-electron chi connectivity index (χ0n) is 15.6. The van der Waals surface area contributed by atoms with Crippen molar-refractivity contribution in [3.8, 4) is 11.3 Å². The summed E-state index contributed by atoms with van der Waals surface area (Å²) in [5, 5.41) is 6.06. The van der Waals surface area contributed by atoms with Crippen LogP contribution in [0.15, 0.2) is 58.2 Å². The van der Waals surface area contributed by atoms with E-state index < -0.39 is 0 Å². The molecular formula is C20H19N5O4. The zero-order valence-corrected chi connectivity index (χ0v) is 15.6. The van der Waals surface area contributed by atoms with Gasteiger partial charge in [-0.3, -0.25) is 14.4 Å². The van der Waals surface area contributed by atoms with E-state index in [1.165, 1.54) is 18.5 Å². The van der Waals surface area contributed by atoms with E-state index >= 15 is 0 Å². The van der Waals surface area contributed by atoms with Crippen LogP contribution >= 0.6 is 0 Å². The summed E-state index contributed by atoms with van der Waals surface area (Å²) in [6.45, 7) is 1.92. The van der Waals surface area contributed by atoms with E-state index in [9.17, 15) is 14.4 Å².